The Balaban J connectivity index is 2.26. The molecule has 0 amide bonds. The zero-order valence-electron chi connectivity index (χ0n) is 8.25. The first-order valence-corrected chi connectivity index (χ1v) is 5.37. The molecule has 1 aliphatic rings. The number of nitrogens with zero attached hydrogens (tertiary/aromatic N) is 1. The summed E-state index contributed by atoms with van der Waals surface area (Å²) in [6.45, 7) is 4.45. The third kappa shape index (κ3) is 1.36. The van der Waals surface area contributed by atoms with Gasteiger partial charge in [0, 0.05) is 10.2 Å². The molecule has 2 nitrogen and oxygen atoms in total. The lowest BCUT2D eigenvalue weighted by Gasteiger charge is -2.48. The predicted molar refractivity (Wildman–Crippen MR) is 60.6 cm³/mol. The topological polar surface area (TPSA) is 20.3 Å². The second-order valence-corrected chi connectivity index (χ2v) is 4.96. The Morgan fingerprint density at radius 2 is 1.86 bits per heavy atom. The SMILES string of the molecule is CC1(C)C(=O)CN1c1ccc(Br)cc1. The summed E-state index contributed by atoms with van der Waals surface area (Å²) in [4.78, 5) is 13.5. The molecule has 1 aliphatic heterocycles. The van der Waals surface area contributed by atoms with Crippen molar-refractivity contribution in [2.24, 2.45) is 0 Å². The van der Waals surface area contributed by atoms with Crippen LogP contribution in [0.5, 0.6) is 0 Å². The normalized spacial score (nSPS) is 19.4. The largest absolute Gasteiger partial charge is 0.352 e. The van der Waals surface area contributed by atoms with E-state index in [1.165, 1.54) is 0 Å². The van der Waals surface area contributed by atoms with Crippen molar-refractivity contribution in [1.29, 1.82) is 0 Å². The molecular weight excluding hydrogens is 242 g/mol. The molecule has 0 atom stereocenters. The molecule has 0 radical (unpaired) electrons. The fourth-order valence-electron chi connectivity index (χ4n) is 1.63. The fourth-order valence-corrected chi connectivity index (χ4v) is 1.89. The van der Waals surface area contributed by atoms with Crippen LogP contribution in [0.4, 0.5) is 5.69 Å². The van der Waals surface area contributed by atoms with Crippen LogP contribution < -0.4 is 4.90 Å². The first kappa shape index (κ1) is 9.71. The second kappa shape index (κ2) is 3.09. The zero-order valence-corrected chi connectivity index (χ0v) is 9.84. The Morgan fingerprint density at radius 3 is 2.29 bits per heavy atom. The van der Waals surface area contributed by atoms with Crippen LogP contribution in [-0.2, 0) is 4.79 Å². The minimum absolute atomic E-state index is 0.306. The van der Waals surface area contributed by atoms with E-state index >= 15 is 0 Å². The third-order valence-corrected chi connectivity index (χ3v) is 3.33. The Kier molecular flexibility index (Phi) is 2.14. The van der Waals surface area contributed by atoms with Crippen LogP contribution in [0.2, 0.25) is 0 Å². The Morgan fingerprint density at radius 1 is 1.29 bits per heavy atom. The summed E-state index contributed by atoms with van der Waals surface area (Å²) < 4.78 is 1.06. The first-order chi connectivity index (χ1) is 6.51. The van der Waals surface area contributed by atoms with Gasteiger partial charge in [-0.2, -0.15) is 0 Å². The number of ketones is 1. The van der Waals surface area contributed by atoms with Gasteiger partial charge in [0.05, 0.1) is 12.1 Å². The molecule has 3 heteroatoms. The number of rotatable bonds is 1. The summed E-state index contributed by atoms with van der Waals surface area (Å²) in [5.74, 6) is 0.306. The van der Waals surface area contributed by atoms with E-state index < -0.39 is 0 Å². The highest BCUT2D eigenvalue weighted by molar-refractivity contribution is 9.10. The van der Waals surface area contributed by atoms with Gasteiger partial charge in [0.15, 0.2) is 5.78 Å². The van der Waals surface area contributed by atoms with Crippen molar-refractivity contribution >= 4 is 27.4 Å². The maximum atomic E-state index is 11.4. The summed E-state index contributed by atoms with van der Waals surface area (Å²) in [7, 11) is 0. The van der Waals surface area contributed by atoms with Gasteiger partial charge in [-0.25, -0.2) is 0 Å². The number of hydrogen-bond donors (Lipinski definition) is 0. The minimum atomic E-state index is -0.326. The first-order valence-electron chi connectivity index (χ1n) is 4.58. The van der Waals surface area contributed by atoms with Crippen LogP contribution in [0.3, 0.4) is 0 Å². The summed E-state index contributed by atoms with van der Waals surface area (Å²) in [5, 5.41) is 0. The van der Waals surface area contributed by atoms with Gasteiger partial charge in [0.25, 0.3) is 0 Å². The van der Waals surface area contributed by atoms with Crippen molar-refractivity contribution < 1.29 is 4.79 Å². The number of halogens is 1. The van der Waals surface area contributed by atoms with Crippen LogP contribution in [0.1, 0.15) is 13.8 Å². The van der Waals surface area contributed by atoms with Crippen LogP contribution in [-0.4, -0.2) is 17.9 Å². The molecule has 1 heterocycles. The lowest BCUT2D eigenvalue weighted by atomic mass is 9.86. The number of anilines is 1. The van der Waals surface area contributed by atoms with Gasteiger partial charge in [-0.15, -0.1) is 0 Å². The fraction of sp³-hybridized carbons (Fsp3) is 0.364. The quantitative estimate of drug-likeness (QED) is 0.767. The number of benzene rings is 1. The second-order valence-electron chi connectivity index (χ2n) is 4.04. The molecule has 0 aliphatic carbocycles. The van der Waals surface area contributed by atoms with E-state index in [-0.39, 0.29) is 5.54 Å². The predicted octanol–water partition coefficient (Wildman–Crippen LogP) is 2.62. The molecule has 0 spiro atoms. The van der Waals surface area contributed by atoms with Gasteiger partial charge in [-0.1, -0.05) is 15.9 Å². The number of carbonyl (C=O) groups is 1. The maximum absolute atomic E-state index is 11.4. The van der Waals surface area contributed by atoms with Gasteiger partial charge >= 0.3 is 0 Å². The van der Waals surface area contributed by atoms with E-state index in [1.807, 2.05) is 38.1 Å². The van der Waals surface area contributed by atoms with Crippen molar-refractivity contribution in [2.45, 2.75) is 19.4 Å². The molecular formula is C11H12BrNO. The van der Waals surface area contributed by atoms with E-state index in [0.29, 0.717) is 12.3 Å². The number of Topliss-reactive ketones (excluding diaryl/α,β-unsaturated/α-hetero) is 1. The molecule has 0 unspecified atom stereocenters. The van der Waals surface area contributed by atoms with E-state index in [4.69, 9.17) is 0 Å². The van der Waals surface area contributed by atoms with Gasteiger partial charge < -0.3 is 4.90 Å². The Bertz CT molecular complexity index is 369. The van der Waals surface area contributed by atoms with Crippen LogP contribution in [0, 0.1) is 0 Å². The maximum Gasteiger partial charge on any atom is 0.176 e. The van der Waals surface area contributed by atoms with E-state index in [9.17, 15) is 4.79 Å². The monoisotopic (exact) mass is 253 g/mol. The average Bonchev–Trinajstić information content (AvgIpc) is 2.16. The van der Waals surface area contributed by atoms with E-state index in [2.05, 4.69) is 20.8 Å². The summed E-state index contributed by atoms with van der Waals surface area (Å²) >= 11 is 3.39. The minimum Gasteiger partial charge on any atom is -0.352 e. The van der Waals surface area contributed by atoms with E-state index in [0.717, 1.165) is 10.2 Å². The zero-order chi connectivity index (χ0) is 10.3. The van der Waals surface area contributed by atoms with Gasteiger partial charge in [0.2, 0.25) is 0 Å². The Hall–Kier alpha value is -0.830. The standard InChI is InChI=1S/C11H12BrNO/c1-11(2)10(14)7-13(11)9-5-3-8(12)4-6-9/h3-6H,7H2,1-2H3. The van der Waals surface area contributed by atoms with Crippen molar-refractivity contribution in [2.75, 3.05) is 11.4 Å². The van der Waals surface area contributed by atoms with Crippen LogP contribution in [0.25, 0.3) is 0 Å². The lowest BCUT2D eigenvalue weighted by Crippen LogP contribution is -2.65. The van der Waals surface area contributed by atoms with Crippen LogP contribution >= 0.6 is 15.9 Å². The number of hydrogen-bond acceptors (Lipinski definition) is 2. The van der Waals surface area contributed by atoms with Gasteiger partial charge in [-0.3, -0.25) is 4.79 Å². The van der Waals surface area contributed by atoms with Crippen molar-refractivity contribution in [3.05, 3.63) is 28.7 Å². The highest BCUT2D eigenvalue weighted by Crippen LogP contribution is 2.32. The molecule has 1 aromatic carbocycles. The summed E-state index contributed by atoms with van der Waals surface area (Å²) in [5.41, 5.74) is 0.784. The van der Waals surface area contributed by atoms with Crippen LogP contribution in [0.15, 0.2) is 28.7 Å². The van der Waals surface area contributed by atoms with E-state index in [1.54, 1.807) is 0 Å². The lowest BCUT2D eigenvalue weighted by molar-refractivity contribution is -0.127. The van der Waals surface area contributed by atoms with Crippen molar-refractivity contribution in [3.8, 4) is 0 Å². The molecule has 1 fully saturated rings. The molecule has 0 saturated carbocycles. The van der Waals surface area contributed by atoms with Crippen molar-refractivity contribution in [3.63, 3.8) is 0 Å². The number of carbonyl (C=O) groups excluding carboxylic acids is 1. The molecule has 74 valence electrons. The summed E-state index contributed by atoms with van der Waals surface area (Å²) in [6, 6.07) is 8.04. The third-order valence-electron chi connectivity index (χ3n) is 2.80. The molecule has 1 saturated heterocycles. The highest BCUT2D eigenvalue weighted by atomic mass is 79.9. The molecule has 0 aromatic heterocycles. The average molecular weight is 254 g/mol. The van der Waals surface area contributed by atoms with Gasteiger partial charge in [0.1, 0.15) is 0 Å². The van der Waals surface area contributed by atoms with Crippen molar-refractivity contribution in [1.82, 2.24) is 0 Å². The molecule has 14 heavy (non-hydrogen) atoms. The molecule has 0 N–H and O–H groups in total. The highest BCUT2D eigenvalue weighted by Gasteiger charge is 2.44. The molecule has 2 rings (SSSR count). The molecule has 1 aromatic rings. The smallest absolute Gasteiger partial charge is 0.176 e. The molecule has 0 bridgehead atoms. The summed E-state index contributed by atoms with van der Waals surface area (Å²) in [6.07, 6.45) is 0. The Labute approximate surface area is 92.0 Å². The van der Waals surface area contributed by atoms with Gasteiger partial charge in [-0.05, 0) is 38.1 Å².